The number of para-hydroxylation sites is 1. The second-order valence-corrected chi connectivity index (χ2v) is 8.34. The minimum Gasteiger partial charge on any atom is -0.496 e. The zero-order valence-electron chi connectivity index (χ0n) is 16.6. The third kappa shape index (κ3) is 6.07. The molecule has 152 valence electrons. The average molecular weight is 405 g/mol. The molecule has 1 amide bonds. The van der Waals surface area contributed by atoms with Crippen molar-refractivity contribution in [3.05, 3.63) is 59.7 Å². The number of sulfonamides is 1. The largest absolute Gasteiger partial charge is 0.496 e. The van der Waals surface area contributed by atoms with Gasteiger partial charge in [-0.05, 0) is 43.5 Å². The number of amides is 1. The lowest BCUT2D eigenvalue weighted by Crippen LogP contribution is -2.27. The van der Waals surface area contributed by atoms with Crippen molar-refractivity contribution in [2.24, 2.45) is 0 Å². The maximum atomic E-state index is 12.3. The van der Waals surface area contributed by atoms with Crippen LogP contribution in [0.4, 0.5) is 0 Å². The Bertz CT molecular complexity index is 880. The molecule has 2 aromatic carbocycles. The van der Waals surface area contributed by atoms with Crippen LogP contribution < -0.4 is 14.8 Å². The Kier molecular flexibility index (Phi) is 8.02. The molecule has 0 radical (unpaired) electrons. The molecule has 6 nitrogen and oxygen atoms in total. The fraction of sp³-hybridized carbons (Fsp3) is 0.381. The lowest BCUT2D eigenvalue weighted by molar-refractivity contribution is -0.121. The van der Waals surface area contributed by atoms with Crippen LogP contribution in [-0.2, 0) is 21.2 Å². The van der Waals surface area contributed by atoms with Crippen LogP contribution in [0.1, 0.15) is 43.9 Å². The summed E-state index contributed by atoms with van der Waals surface area (Å²) in [6, 6.07) is 14.1. The van der Waals surface area contributed by atoms with Gasteiger partial charge in [-0.15, -0.1) is 0 Å². The highest BCUT2D eigenvalue weighted by atomic mass is 32.2. The highest BCUT2D eigenvalue weighted by Crippen LogP contribution is 2.24. The summed E-state index contributed by atoms with van der Waals surface area (Å²) in [5.41, 5.74) is 1.84. The van der Waals surface area contributed by atoms with Gasteiger partial charge in [-0.2, -0.15) is 0 Å². The molecule has 0 aliphatic heterocycles. The summed E-state index contributed by atoms with van der Waals surface area (Å²) < 4.78 is 32.1. The summed E-state index contributed by atoms with van der Waals surface area (Å²) in [7, 11) is -1.86. The summed E-state index contributed by atoms with van der Waals surface area (Å²) in [6.45, 7) is 4.23. The smallest absolute Gasteiger partial charge is 0.240 e. The number of methoxy groups -OCH3 is 1. The highest BCUT2D eigenvalue weighted by Gasteiger charge is 2.15. The SMILES string of the molecule is CCCNS(=O)(=O)c1ccc(CCC(=O)NC(C)c2ccccc2OC)cc1. The maximum Gasteiger partial charge on any atom is 0.240 e. The first-order chi connectivity index (χ1) is 13.4. The Hall–Kier alpha value is -2.38. The van der Waals surface area contributed by atoms with Crippen molar-refractivity contribution in [1.29, 1.82) is 0 Å². The molecule has 0 spiro atoms. The fourth-order valence-electron chi connectivity index (χ4n) is 2.83. The Labute approximate surface area is 167 Å². The summed E-state index contributed by atoms with van der Waals surface area (Å²) in [4.78, 5) is 12.5. The van der Waals surface area contributed by atoms with Crippen molar-refractivity contribution >= 4 is 15.9 Å². The highest BCUT2D eigenvalue weighted by molar-refractivity contribution is 7.89. The van der Waals surface area contributed by atoms with Gasteiger partial charge in [0.05, 0.1) is 18.0 Å². The molecule has 2 N–H and O–H groups in total. The van der Waals surface area contributed by atoms with Crippen molar-refractivity contribution < 1.29 is 17.9 Å². The van der Waals surface area contributed by atoms with E-state index in [4.69, 9.17) is 4.74 Å². The third-order valence-electron chi connectivity index (χ3n) is 4.40. The molecule has 1 unspecified atom stereocenters. The molecular weight excluding hydrogens is 376 g/mol. The third-order valence-corrected chi connectivity index (χ3v) is 5.88. The van der Waals surface area contributed by atoms with Gasteiger partial charge >= 0.3 is 0 Å². The number of benzene rings is 2. The quantitative estimate of drug-likeness (QED) is 0.637. The van der Waals surface area contributed by atoms with Gasteiger partial charge in [-0.1, -0.05) is 37.3 Å². The Balaban J connectivity index is 1.90. The molecule has 1 atom stereocenters. The first kappa shape index (κ1) is 21.9. The number of hydrogen-bond acceptors (Lipinski definition) is 4. The van der Waals surface area contributed by atoms with E-state index in [1.54, 1.807) is 31.4 Å². The Morgan fingerprint density at radius 3 is 2.43 bits per heavy atom. The summed E-state index contributed by atoms with van der Waals surface area (Å²) >= 11 is 0. The molecule has 0 saturated heterocycles. The molecule has 7 heteroatoms. The molecule has 0 aliphatic carbocycles. The number of carbonyl (C=O) groups is 1. The van der Waals surface area contributed by atoms with Crippen molar-refractivity contribution in [1.82, 2.24) is 10.0 Å². The maximum absolute atomic E-state index is 12.3. The predicted molar refractivity (Wildman–Crippen MR) is 110 cm³/mol. The van der Waals surface area contributed by atoms with Gasteiger partial charge in [0.15, 0.2) is 0 Å². The van der Waals surface area contributed by atoms with Gasteiger partial charge in [0.2, 0.25) is 15.9 Å². The number of rotatable bonds is 10. The van der Waals surface area contributed by atoms with Crippen LogP contribution in [-0.4, -0.2) is 28.0 Å². The van der Waals surface area contributed by atoms with E-state index in [-0.39, 0.29) is 16.8 Å². The number of carbonyl (C=O) groups excluding carboxylic acids is 1. The van der Waals surface area contributed by atoms with Crippen molar-refractivity contribution in [2.45, 2.75) is 44.0 Å². The molecule has 0 saturated carbocycles. The van der Waals surface area contributed by atoms with E-state index in [1.165, 1.54) is 0 Å². The first-order valence-corrected chi connectivity index (χ1v) is 10.9. The van der Waals surface area contributed by atoms with E-state index in [0.29, 0.717) is 19.4 Å². The minimum atomic E-state index is -3.46. The van der Waals surface area contributed by atoms with E-state index in [0.717, 1.165) is 23.3 Å². The first-order valence-electron chi connectivity index (χ1n) is 9.38. The monoisotopic (exact) mass is 404 g/mol. The summed E-state index contributed by atoms with van der Waals surface area (Å²) in [5.74, 6) is 0.670. The number of hydrogen-bond donors (Lipinski definition) is 2. The number of nitrogens with one attached hydrogen (secondary N) is 2. The van der Waals surface area contributed by atoms with E-state index >= 15 is 0 Å². The van der Waals surface area contributed by atoms with Crippen LogP contribution in [0.2, 0.25) is 0 Å². The minimum absolute atomic E-state index is 0.0697. The van der Waals surface area contributed by atoms with Crippen LogP contribution in [0.25, 0.3) is 0 Å². The number of ether oxygens (including phenoxy) is 1. The summed E-state index contributed by atoms with van der Waals surface area (Å²) in [5, 5.41) is 2.98. The van der Waals surface area contributed by atoms with E-state index in [9.17, 15) is 13.2 Å². The number of aryl methyl sites for hydroxylation is 1. The standard InChI is InChI=1S/C21H28N2O4S/c1-4-15-22-28(25,26)18-12-9-17(10-13-18)11-14-21(24)23-16(2)19-7-5-6-8-20(19)27-3/h5-10,12-13,16,22H,4,11,14-15H2,1-3H3,(H,23,24). The van der Waals surface area contributed by atoms with Gasteiger partial charge in [0.1, 0.15) is 5.75 Å². The zero-order chi connectivity index (χ0) is 20.6. The van der Waals surface area contributed by atoms with Crippen molar-refractivity contribution in [2.75, 3.05) is 13.7 Å². The van der Waals surface area contributed by atoms with Gasteiger partial charge < -0.3 is 10.1 Å². The molecular formula is C21H28N2O4S. The van der Waals surface area contributed by atoms with E-state index in [1.807, 2.05) is 38.1 Å². The fourth-order valence-corrected chi connectivity index (χ4v) is 3.96. The zero-order valence-corrected chi connectivity index (χ0v) is 17.4. The van der Waals surface area contributed by atoms with Gasteiger partial charge in [-0.25, -0.2) is 13.1 Å². The molecule has 28 heavy (non-hydrogen) atoms. The Morgan fingerprint density at radius 1 is 1.11 bits per heavy atom. The van der Waals surface area contributed by atoms with Gasteiger partial charge in [-0.3, -0.25) is 4.79 Å². The molecule has 0 aromatic heterocycles. The molecule has 0 fully saturated rings. The van der Waals surface area contributed by atoms with Crippen molar-refractivity contribution in [3.63, 3.8) is 0 Å². The second kappa shape index (κ2) is 10.2. The molecule has 2 rings (SSSR count). The van der Waals surface area contributed by atoms with Crippen LogP contribution in [0.3, 0.4) is 0 Å². The van der Waals surface area contributed by atoms with Gasteiger partial charge in [0, 0.05) is 18.5 Å². The van der Waals surface area contributed by atoms with Crippen LogP contribution in [0.5, 0.6) is 5.75 Å². The lowest BCUT2D eigenvalue weighted by Gasteiger charge is -2.17. The van der Waals surface area contributed by atoms with Crippen LogP contribution >= 0.6 is 0 Å². The molecule has 0 heterocycles. The Morgan fingerprint density at radius 2 is 1.79 bits per heavy atom. The molecule has 0 aliphatic rings. The normalized spacial score (nSPS) is 12.4. The topological polar surface area (TPSA) is 84.5 Å². The van der Waals surface area contributed by atoms with E-state index < -0.39 is 10.0 Å². The average Bonchev–Trinajstić information content (AvgIpc) is 2.71. The van der Waals surface area contributed by atoms with Crippen LogP contribution in [0, 0.1) is 0 Å². The molecule has 0 bridgehead atoms. The van der Waals surface area contributed by atoms with E-state index in [2.05, 4.69) is 10.0 Å². The second-order valence-electron chi connectivity index (χ2n) is 6.57. The molecule has 2 aromatic rings. The summed E-state index contributed by atoms with van der Waals surface area (Å²) in [6.07, 6.45) is 1.59. The van der Waals surface area contributed by atoms with Crippen molar-refractivity contribution in [3.8, 4) is 5.75 Å². The predicted octanol–water partition coefficient (Wildman–Crippen LogP) is 3.19. The lowest BCUT2D eigenvalue weighted by atomic mass is 10.1. The van der Waals surface area contributed by atoms with Gasteiger partial charge in [0.25, 0.3) is 0 Å². The van der Waals surface area contributed by atoms with Crippen LogP contribution in [0.15, 0.2) is 53.4 Å².